The zero-order chi connectivity index (χ0) is 31.1. The van der Waals surface area contributed by atoms with Crippen molar-refractivity contribution < 1.29 is 27.5 Å². The fourth-order valence-electron chi connectivity index (χ4n) is 2.35. The molecule has 0 saturated carbocycles. The molecule has 8 nitrogen and oxygen atoms in total. The van der Waals surface area contributed by atoms with Gasteiger partial charge in [-0.05, 0) is 97.1 Å². The molecule has 0 bridgehead atoms. The summed E-state index contributed by atoms with van der Waals surface area (Å²) in [6.45, 7) is 6.20. The molecule has 0 spiro atoms. The summed E-state index contributed by atoms with van der Waals surface area (Å²) in [6, 6.07) is 2.10. The lowest BCUT2D eigenvalue weighted by atomic mass is 9.87. The van der Waals surface area contributed by atoms with Gasteiger partial charge < -0.3 is 10.1 Å². The van der Waals surface area contributed by atoms with E-state index < -0.39 is 39.2 Å². The highest BCUT2D eigenvalue weighted by atomic mass is 35.5. The normalized spacial score (nSPS) is 9.93. The molecule has 206 valence electrons. The van der Waals surface area contributed by atoms with E-state index in [-0.39, 0.29) is 20.6 Å². The summed E-state index contributed by atoms with van der Waals surface area (Å²) in [5.74, 6) is 30.4. The molecule has 11 heteroatoms. The third kappa shape index (κ3) is 11.9. The maximum absolute atomic E-state index is 13.0. The SMILES string of the molecule is CC#CC#CC#CC#CC#CC#CC#CC(=O)OC(C(=O)Nc1cc(Cl)c(S(=O)(=O)NC)cc1Cl)C(=O)C(C)(C)C. The minimum Gasteiger partial charge on any atom is -0.434 e. The molecule has 0 heterocycles. The van der Waals surface area contributed by atoms with Gasteiger partial charge in [-0.15, -0.1) is 0 Å². The Labute approximate surface area is 249 Å². The molecule has 41 heavy (non-hydrogen) atoms. The molecule has 0 radical (unpaired) electrons. The topological polar surface area (TPSA) is 119 Å². The van der Waals surface area contributed by atoms with Crippen LogP contribution < -0.4 is 10.0 Å². The Morgan fingerprint density at radius 3 is 1.78 bits per heavy atom. The summed E-state index contributed by atoms with van der Waals surface area (Å²) in [7, 11) is -2.76. The van der Waals surface area contributed by atoms with E-state index in [1.54, 1.807) is 6.92 Å². The third-order valence-electron chi connectivity index (χ3n) is 4.26. The van der Waals surface area contributed by atoms with Gasteiger partial charge in [0.25, 0.3) is 5.91 Å². The molecule has 1 aromatic carbocycles. The first-order valence-corrected chi connectivity index (χ1v) is 13.4. The van der Waals surface area contributed by atoms with Gasteiger partial charge in [0.15, 0.2) is 5.78 Å². The number of hydrogen-bond donors (Lipinski definition) is 2. The van der Waals surface area contributed by atoms with Crippen LogP contribution in [0.15, 0.2) is 17.0 Å². The Bertz CT molecular complexity index is 1810. The number of anilines is 1. The lowest BCUT2D eigenvalue weighted by Gasteiger charge is -2.23. The first-order valence-electron chi connectivity index (χ1n) is 11.2. The van der Waals surface area contributed by atoms with Crippen molar-refractivity contribution in [1.82, 2.24) is 4.72 Å². The highest BCUT2D eigenvalue weighted by Gasteiger charge is 2.38. The molecule has 2 N–H and O–H groups in total. The van der Waals surface area contributed by atoms with Gasteiger partial charge in [-0.2, -0.15) is 0 Å². The number of nitrogens with one attached hydrogen (secondary N) is 2. The second kappa shape index (κ2) is 16.4. The first kappa shape index (κ1) is 34.3. The number of esters is 1. The largest absolute Gasteiger partial charge is 0.434 e. The number of carbonyl (C=O) groups is 3. The highest BCUT2D eigenvalue weighted by molar-refractivity contribution is 7.89. The van der Waals surface area contributed by atoms with Gasteiger partial charge in [-0.1, -0.05) is 49.9 Å². The smallest absolute Gasteiger partial charge is 0.386 e. The second-order valence-electron chi connectivity index (χ2n) is 8.23. The quantitative estimate of drug-likeness (QED) is 0.222. The second-order valence-corrected chi connectivity index (χ2v) is 10.9. The van der Waals surface area contributed by atoms with Crippen LogP contribution in [0.3, 0.4) is 0 Å². The highest BCUT2D eigenvalue weighted by Crippen LogP contribution is 2.32. The number of ether oxygens (including phenoxy) is 1. The predicted molar refractivity (Wildman–Crippen MR) is 156 cm³/mol. The molecule has 0 aliphatic rings. The molecular weight excluding hydrogens is 587 g/mol. The minimum atomic E-state index is -3.94. The van der Waals surface area contributed by atoms with E-state index in [0.717, 1.165) is 12.1 Å². The summed E-state index contributed by atoms with van der Waals surface area (Å²) < 4.78 is 31.3. The van der Waals surface area contributed by atoms with Gasteiger partial charge in [-0.25, -0.2) is 17.9 Å². The number of benzene rings is 1. The molecule has 0 aliphatic heterocycles. The van der Waals surface area contributed by atoms with Crippen molar-refractivity contribution in [2.75, 3.05) is 12.4 Å². The maximum Gasteiger partial charge on any atom is 0.386 e. The van der Waals surface area contributed by atoms with Crippen molar-refractivity contribution in [2.24, 2.45) is 5.41 Å². The Hall–Kier alpha value is -4.76. The van der Waals surface area contributed by atoms with E-state index in [1.807, 2.05) is 5.92 Å². The molecule has 0 fully saturated rings. The zero-order valence-electron chi connectivity index (χ0n) is 22.3. The van der Waals surface area contributed by atoms with Crippen LogP contribution in [0.25, 0.3) is 0 Å². The predicted octanol–water partition coefficient (Wildman–Crippen LogP) is 2.41. The van der Waals surface area contributed by atoms with Gasteiger partial charge in [0.2, 0.25) is 16.1 Å². The van der Waals surface area contributed by atoms with Crippen molar-refractivity contribution >= 4 is 56.6 Å². The summed E-state index contributed by atoms with van der Waals surface area (Å²) in [5, 5.41) is 1.87. The Morgan fingerprint density at radius 1 is 0.829 bits per heavy atom. The van der Waals surface area contributed by atoms with Crippen LogP contribution in [0.2, 0.25) is 10.0 Å². The average molecular weight is 607 g/mol. The maximum atomic E-state index is 13.0. The van der Waals surface area contributed by atoms with Crippen LogP contribution in [0.1, 0.15) is 27.7 Å². The fraction of sp³-hybridized carbons (Fsp3) is 0.233. The number of rotatable bonds is 6. The number of amides is 1. The van der Waals surface area contributed by atoms with Crippen LogP contribution in [0.5, 0.6) is 0 Å². The summed E-state index contributed by atoms with van der Waals surface area (Å²) in [4.78, 5) is 37.8. The summed E-state index contributed by atoms with van der Waals surface area (Å²) >= 11 is 12.2. The Morgan fingerprint density at radius 2 is 1.32 bits per heavy atom. The molecule has 0 aromatic heterocycles. The number of sulfonamides is 1. The van der Waals surface area contributed by atoms with Gasteiger partial charge in [0.05, 0.1) is 15.7 Å². The van der Waals surface area contributed by atoms with E-state index in [1.165, 1.54) is 27.8 Å². The summed E-state index contributed by atoms with van der Waals surface area (Å²) in [6.07, 6.45) is -1.92. The molecule has 0 saturated heterocycles. The number of hydrogen-bond acceptors (Lipinski definition) is 6. The first-order chi connectivity index (χ1) is 19.2. The van der Waals surface area contributed by atoms with Crippen molar-refractivity contribution in [1.29, 1.82) is 0 Å². The van der Waals surface area contributed by atoms with E-state index in [9.17, 15) is 22.8 Å². The van der Waals surface area contributed by atoms with Gasteiger partial charge >= 0.3 is 5.97 Å². The molecular formula is C30H20Cl2N2O6S. The molecule has 1 aromatic rings. The van der Waals surface area contributed by atoms with E-state index >= 15 is 0 Å². The molecule has 1 atom stereocenters. The number of ketones is 1. The van der Waals surface area contributed by atoms with Gasteiger partial charge in [0.1, 0.15) is 4.90 Å². The average Bonchev–Trinajstić information content (AvgIpc) is 2.90. The van der Waals surface area contributed by atoms with Crippen LogP contribution >= 0.6 is 23.2 Å². The molecule has 1 amide bonds. The molecule has 1 rings (SSSR count). The van der Waals surface area contributed by atoms with Crippen LogP contribution in [-0.4, -0.2) is 39.2 Å². The van der Waals surface area contributed by atoms with E-state index in [2.05, 4.69) is 87.0 Å². The van der Waals surface area contributed by atoms with Crippen LogP contribution in [0, 0.1) is 88.3 Å². The van der Waals surface area contributed by atoms with E-state index in [0.29, 0.717) is 0 Å². The lowest BCUT2D eigenvalue weighted by Crippen LogP contribution is -2.44. The van der Waals surface area contributed by atoms with E-state index in [4.69, 9.17) is 27.9 Å². The number of carbonyl (C=O) groups excluding carboxylic acids is 3. The molecule has 0 aliphatic carbocycles. The van der Waals surface area contributed by atoms with Gasteiger partial charge in [0, 0.05) is 11.3 Å². The monoisotopic (exact) mass is 606 g/mol. The Balaban J connectivity index is 3.07. The summed E-state index contributed by atoms with van der Waals surface area (Å²) in [5.41, 5.74) is -1.22. The number of halogens is 2. The van der Waals surface area contributed by atoms with Crippen molar-refractivity contribution in [3.8, 4) is 82.9 Å². The third-order valence-corrected chi connectivity index (χ3v) is 6.45. The Kier molecular flexibility index (Phi) is 13.7. The standard InChI is InChI=1S/C30H20Cl2N2O6S/c1-6-7-8-9-10-11-12-13-14-15-16-17-18-19-26(35)40-27(28(36)30(2,3)4)29(37)34-24-20-23(32)25(21-22(24)31)41(38,39)33-5/h20-21,27,33H,1-5H3,(H,34,37). The minimum absolute atomic E-state index is 0.122. The zero-order valence-corrected chi connectivity index (χ0v) is 24.7. The van der Waals surface area contributed by atoms with Crippen LogP contribution in [-0.2, 0) is 29.1 Å². The van der Waals surface area contributed by atoms with Gasteiger partial charge in [-0.3, -0.25) is 9.59 Å². The lowest BCUT2D eigenvalue weighted by molar-refractivity contribution is -0.157. The van der Waals surface area contributed by atoms with Crippen molar-refractivity contribution in [2.45, 2.75) is 38.7 Å². The molecule has 1 unspecified atom stereocenters. The van der Waals surface area contributed by atoms with Crippen LogP contribution in [0.4, 0.5) is 5.69 Å². The van der Waals surface area contributed by atoms with Crippen molar-refractivity contribution in [3.05, 3.63) is 22.2 Å². The van der Waals surface area contributed by atoms with Crippen molar-refractivity contribution in [3.63, 3.8) is 0 Å². The number of Topliss-reactive ketones (excluding diaryl/α,β-unsaturated/α-hetero) is 1. The fourth-order valence-corrected chi connectivity index (χ4v) is 3.90.